The van der Waals surface area contributed by atoms with Gasteiger partial charge in [-0.15, -0.1) is 0 Å². The van der Waals surface area contributed by atoms with Crippen LogP contribution in [0.4, 0.5) is 5.69 Å². The first-order valence-corrected chi connectivity index (χ1v) is 4.98. The molecule has 0 aliphatic heterocycles. The lowest BCUT2D eigenvalue weighted by Crippen LogP contribution is -1.77. The van der Waals surface area contributed by atoms with Crippen molar-refractivity contribution >= 4 is 11.9 Å². The average molecular weight is 175 g/mol. The van der Waals surface area contributed by atoms with Crippen molar-refractivity contribution in [3.63, 3.8) is 0 Å². The Morgan fingerprint density at radius 3 is 2.38 bits per heavy atom. The van der Waals surface area contributed by atoms with Crippen LogP contribution in [0.25, 0.3) is 0 Å². The van der Waals surface area contributed by atoms with Crippen LogP contribution in [0, 0.1) is 0 Å². The molecule has 0 aliphatic rings. The van der Waals surface area contributed by atoms with Crippen LogP contribution in [0.1, 0.15) is 32.3 Å². The molecule has 0 amide bonds. The average Bonchev–Trinajstić information content (AvgIpc) is 2.19. The molecule has 0 fully saturated rings. The molecule has 1 heteroatoms. The van der Waals surface area contributed by atoms with Gasteiger partial charge in [-0.25, -0.2) is 0 Å². The number of unbranched alkanes of at least 4 members (excludes halogenated alkanes) is 1. The second kappa shape index (κ2) is 5.52. The van der Waals surface area contributed by atoms with Gasteiger partial charge >= 0.3 is 0 Å². The van der Waals surface area contributed by atoms with Crippen LogP contribution >= 0.6 is 0 Å². The van der Waals surface area contributed by atoms with Crippen molar-refractivity contribution in [3.05, 3.63) is 29.8 Å². The van der Waals surface area contributed by atoms with Crippen LogP contribution in [0.5, 0.6) is 0 Å². The number of benzene rings is 1. The molecule has 1 aromatic rings. The number of nitrogens with zero attached hydrogens (tertiary/aromatic N) is 1. The summed E-state index contributed by atoms with van der Waals surface area (Å²) in [6.07, 6.45) is 5.31. The van der Waals surface area contributed by atoms with E-state index in [-0.39, 0.29) is 0 Å². The smallest absolute Gasteiger partial charge is 0.0625 e. The Kier molecular flexibility index (Phi) is 4.24. The van der Waals surface area contributed by atoms with Crippen LogP contribution in [0.3, 0.4) is 0 Å². The zero-order valence-corrected chi connectivity index (χ0v) is 8.46. The third-order valence-corrected chi connectivity index (χ3v) is 2.00. The molecule has 0 heterocycles. The fourth-order valence-electron chi connectivity index (χ4n) is 1.12. The summed E-state index contributed by atoms with van der Waals surface area (Å²) in [7, 11) is 0. The highest BCUT2D eigenvalue weighted by Crippen LogP contribution is 2.12. The number of rotatable bonds is 4. The molecule has 0 N–H and O–H groups in total. The Bertz CT molecular complexity index is 259. The molecule has 0 atom stereocenters. The van der Waals surface area contributed by atoms with E-state index in [4.69, 9.17) is 0 Å². The molecule has 0 aliphatic carbocycles. The molecule has 0 spiro atoms. The van der Waals surface area contributed by atoms with E-state index in [0.29, 0.717) is 0 Å². The lowest BCUT2D eigenvalue weighted by Gasteiger charge is -1.96. The fraction of sp³-hybridized carbons (Fsp3) is 0.417. The summed E-state index contributed by atoms with van der Waals surface area (Å²) in [4.78, 5) is 4.35. The van der Waals surface area contributed by atoms with Crippen LogP contribution in [-0.2, 0) is 6.42 Å². The van der Waals surface area contributed by atoms with Gasteiger partial charge in [0.05, 0.1) is 5.69 Å². The Balaban J connectivity index is 2.58. The first-order chi connectivity index (χ1) is 6.36. The van der Waals surface area contributed by atoms with Crippen LogP contribution < -0.4 is 0 Å². The molecule has 0 saturated heterocycles. The molecule has 0 saturated carbocycles. The molecule has 0 bridgehead atoms. The van der Waals surface area contributed by atoms with Crippen molar-refractivity contribution in [1.29, 1.82) is 0 Å². The van der Waals surface area contributed by atoms with Gasteiger partial charge in [0.15, 0.2) is 0 Å². The molecule has 70 valence electrons. The van der Waals surface area contributed by atoms with Crippen molar-refractivity contribution in [2.75, 3.05) is 0 Å². The maximum atomic E-state index is 4.35. The van der Waals surface area contributed by atoms with Gasteiger partial charge in [0.1, 0.15) is 0 Å². The predicted octanol–water partition coefficient (Wildman–Crippen LogP) is 3.75. The zero-order chi connectivity index (χ0) is 9.52. The molecule has 0 unspecified atom stereocenters. The van der Waals surface area contributed by atoms with E-state index in [1.54, 1.807) is 0 Å². The third-order valence-electron chi connectivity index (χ3n) is 2.00. The van der Waals surface area contributed by atoms with Gasteiger partial charge in [-0.2, -0.15) is 0 Å². The standard InChI is InChI=1S/C12H17N/c1-3-5-10-13-12-8-6-11(4-2)7-9-12/h6-10H,3-5H2,1-2H3. The molecule has 0 radical (unpaired) electrons. The first-order valence-electron chi connectivity index (χ1n) is 4.98. The molecule has 13 heavy (non-hydrogen) atoms. The number of aryl methyl sites for hydroxylation is 1. The van der Waals surface area contributed by atoms with Crippen LogP contribution in [0.15, 0.2) is 29.3 Å². The highest BCUT2D eigenvalue weighted by Gasteiger charge is 1.88. The lowest BCUT2D eigenvalue weighted by molar-refractivity contribution is 1.01. The van der Waals surface area contributed by atoms with Crippen molar-refractivity contribution in [2.45, 2.75) is 33.1 Å². The topological polar surface area (TPSA) is 12.4 Å². The van der Waals surface area contributed by atoms with Crippen molar-refractivity contribution in [2.24, 2.45) is 4.99 Å². The molecule has 0 aromatic heterocycles. The van der Waals surface area contributed by atoms with Crippen LogP contribution in [-0.4, -0.2) is 6.21 Å². The minimum atomic E-state index is 1.06. The summed E-state index contributed by atoms with van der Waals surface area (Å²) in [6.45, 7) is 4.32. The minimum absolute atomic E-state index is 1.06. The molecule has 1 aromatic carbocycles. The molecule has 1 rings (SSSR count). The summed E-state index contributed by atoms with van der Waals surface area (Å²) in [6, 6.07) is 8.42. The minimum Gasteiger partial charge on any atom is -0.261 e. The van der Waals surface area contributed by atoms with E-state index in [2.05, 4.69) is 43.1 Å². The second-order valence-corrected chi connectivity index (χ2v) is 3.12. The van der Waals surface area contributed by atoms with Gasteiger partial charge in [0, 0.05) is 6.21 Å². The molecule has 1 nitrogen and oxygen atoms in total. The normalized spacial score (nSPS) is 10.9. The predicted molar refractivity (Wildman–Crippen MR) is 58.9 cm³/mol. The van der Waals surface area contributed by atoms with Gasteiger partial charge in [0.2, 0.25) is 0 Å². The summed E-state index contributed by atoms with van der Waals surface area (Å²) in [5, 5.41) is 0. The van der Waals surface area contributed by atoms with E-state index in [9.17, 15) is 0 Å². The summed E-state index contributed by atoms with van der Waals surface area (Å²) in [5.41, 5.74) is 2.43. The summed E-state index contributed by atoms with van der Waals surface area (Å²) in [5.74, 6) is 0. The number of hydrogen-bond acceptors (Lipinski definition) is 1. The molecular formula is C12H17N. The monoisotopic (exact) mass is 175 g/mol. The Morgan fingerprint density at radius 2 is 1.85 bits per heavy atom. The zero-order valence-electron chi connectivity index (χ0n) is 8.46. The molecular weight excluding hydrogens is 158 g/mol. The maximum absolute atomic E-state index is 4.35. The van der Waals surface area contributed by atoms with Gasteiger partial charge in [-0.1, -0.05) is 32.4 Å². The van der Waals surface area contributed by atoms with Gasteiger partial charge in [-0.05, 0) is 30.5 Å². The summed E-state index contributed by atoms with van der Waals surface area (Å²) < 4.78 is 0. The van der Waals surface area contributed by atoms with Crippen molar-refractivity contribution < 1.29 is 0 Å². The Morgan fingerprint density at radius 1 is 1.15 bits per heavy atom. The van der Waals surface area contributed by atoms with E-state index < -0.39 is 0 Å². The van der Waals surface area contributed by atoms with Gasteiger partial charge in [-0.3, -0.25) is 4.99 Å². The van der Waals surface area contributed by atoms with E-state index in [0.717, 1.165) is 24.9 Å². The number of hydrogen-bond donors (Lipinski definition) is 0. The maximum Gasteiger partial charge on any atom is 0.0625 e. The van der Waals surface area contributed by atoms with Crippen LogP contribution in [0.2, 0.25) is 0 Å². The first kappa shape index (κ1) is 9.97. The van der Waals surface area contributed by atoms with Gasteiger partial charge < -0.3 is 0 Å². The number of aliphatic imine (C=N–C) groups is 1. The SMILES string of the molecule is CCCC=Nc1ccc(CC)cc1. The van der Waals surface area contributed by atoms with E-state index in [1.165, 1.54) is 5.56 Å². The third kappa shape index (κ3) is 3.41. The summed E-state index contributed by atoms with van der Waals surface area (Å²) >= 11 is 0. The van der Waals surface area contributed by atoms with Gasteiger partial charge in [0.25, 0.3) is 0 Å². The Labute approximate surface area is 80.5 Å². The largest absolute Gasteiger partial charge is 0.261 e. The quantitative estimate of drug-likeness (QED) is 0.618. The second-order valence-electron chi connectivity index (χ2n) is 3.12. The fourth-order valence-corrected chi connectivity index (χ4v) is 1.12. The highest BCUT2D eigenvalue weighted by molar-refractivity contribution is 5.62. The van der Waals surface area contributed by atoms with E-state index >= 15 is 0 Å². The van der Waals surface area contributed by atoms with Crippen molar-refractivity contribution in [1.82, 2.24) is 0 Å². The van der Waals surface area contributed by atoms with E-state index in [1.807, 2.05) is 6.21 Å². The highest BCUT2D eigenvalue weighted by atomic mass is 14.7. The van der Waals surface area contributed by atoms with Crippen molar-refractivity contribution in [3.8, 4) is 0 Å². The lowest BCUT2D eigenvalue weighted by atomic mass is 10.1. The Hall–Kier alpha value is -1.11.